The molecule has 0 bridgehead atoms. The molecule has 19 heavy (non-hydrogen) atoms. The quantitative estimate of drug-likeness (QED) is 0.908. The number of hydrogen-bond acceptors (Lipinski definition) is 2. The van der Waals surface area contributed by atoms with Crippen molar-refractivity contribution in [2.45, 2.75) is 33.4 Å². The molecule has 0 aliphatic heterocycles. The van der Waals surface area contributed by atoms with Gasteiger partial charge in [0, 0.05) is 24.0 Å². The number of aryl methyl sites for hydroxylation is 2. The smallest absolute Gasteiger partial charge is 0.139 e. The van der Waals surface area contributed by atoms with Crippen LogP contribution < -0.4 is 5.32 Å². The first-order valence-electron chi connectivity index (χ1n) is 6.25. The Morgan fingerprint density at radius 1 is 1.47 bits per heavy atom. The van der Waals surface area contributed by atoms with Gasteiger partial charge in [-0.1, -0.05) is 0 Å². The highest BCUT2D eigenvalue weighted by molar-refractivity contribution is 9.10. The second-order valence-electron chi connectivity index (χ2n) is 4.58. The Bertz CT molecular complexity index is 580. The van der Waals surface area contributed by atoms with Crippen LogP contribution in [0.1, 0.15) is 31.0 Å². The summed E-state index contributed by atoms with van der Waals surface area (Å²) in [5.74, 6) is -0.260. The van der Waals surface area contributed by atoms with Gasteiger partial charge in [-0.05, 0) is 54.4 Å². The lowest BCUT2D eigenvalue weighted by atomic mass is 10.1. The maximum absolute atomic E-state index is 13.6. The maximum atomic E-state index is 13.6. The highest BCUT2D eigenvalue weighted by atomic mass is 79.9. The van der Waals surface area contributed by atoms with Crippen molar-refractivity contribution >= 4 is 21.6 Å². The average Bonchev–Trinajstić information content (AvgIpc) is 2.84. The first-order chi connectivity index (χ1) is 9.01. The zero-order valence-electron chi connectivity index (χ0n) is 11.2. The molecule has 1 unspecified atom stereocenters. The lowest BCUT2D eigenvalue weighted by Gasteiger charge is -2.16. The number of anilines is 1. The van der Waals surface area contributed by atoms with Crippen LogP contribution in [0, 0.1) is 12.7 Å². The van der Waals surface area contributed by atoms with E-state index in [4.69, 9.17) is 0 Å². The highest BCUT2D eigenvalue weighted by Crippen LogP contribution is 2.27. The number of hydrogen-bond donors (Lipinski definition) is 1. The molecule has 102 valence electrons. The Hall–Kier alpha value is -1.36. The van der Waals surface area contributed by atoms with Crippen LogP contribution in [-0.4, -0.2) is 9.78 Å². The van der Waals surface area contributed by atoms with Crippen LogP contribution in [0.4, 0.5) is 10.1 Å². The van der Waals surface area contributed by atoms with E-state index in [1.807, 2.05) is 37.8 Å². The van der Waals surface area contributed by atoms with Crippen LogP contribution in [-0.2, 0) is 6.54 Å². The fourth-order valence-electron chi connectivity index (χ4n) is 1.89. The molecule has 1 N–H and O–H groups in total. The minimum atomic E-state index is -0.260. The molecule has 0 saturated carbocycles. The van der Waals surface area contributed by atoms with Crippen molar-refractivity contribution in [1.82, 2.24) is 9.78 Å². The molecule has 1 aromatic carbocycles. The van der Waals surface area contributed by atoms with Gasteiger partial charge in [0.1, 0.15) is 5.82 Å². The fourth-order valence-corrected chi connectivity index (χ4v) is 2.35. The van der Waals surface area contributed by atoms with Crippen molar-refractivity contribution in [3.63, 3.8) is 0 Å². The van der Waals surface area contributed by atoms with E-state index < -0.39 is 0 Å². The maximum Gasteiger partial charge on any atom is 0.139 e. The largest absolute Gasteiger partial charge is 0.378 e. The molecular weight excluding hydrogens is 309 g/mol. The molecule has 0 fully saturated rings. The van der Waals surface area contributed by atoms with Crippen molar-refractivity contribution in [3.05, 3.63) is 45.9 Å². The molecule has 1 aromatic heterocycles. The summed E-state index contributed by atoms with van der Waals surface area (Å²) in [7, 11) is 0. The minimum Gasteiger partial charge on any atom is -0.378 e. The third kappa shape index (κ3) is 3.15. The van der Waals surface area contributed by atoms with Crippen LogP contribution in [0.5, 0.6) is 0 Å². The van der Waals surface area contributed by atoms with Gasteiger partial charge in [0.25, 0.3) is 0 Å². The molecule has 2 rings (SSSR count). The van der Waals surface area contributed by atoms with Crippen LogP contribution in [0.2, 0.25) is 0 Å². The predicted octanol–water partition coefficient (Wildman–Crippen LogP) is 4.29. The normalized spacial score (nSPS) is 12.5. The van der Waals surface area contributed by atoms with Gasteiger partial charge in [0.15, 0.2) is 0 Å². The summed E-state index contributed by atoms with van der Waals surface area (Å²) in [6.45, 7) is 6.88. The molecule has 1 atom stereocenters. The Labute approximate surface area is 121 Å². The number of rotatable bonds is 4. The Balaban J connectivity index is 2.18. The SMILES string of the molecule is CCn1cc(C(C)Nc2cc(F)c(Br)cc2C)cn1. The average molecular weight is 326 g/mol. The molecule has 5 heteroatoms. The van der Waals surface area contributed by atoms with Gasteiger partial charge >= 0.3 is 0 Å². The summed E-state index contributed by atoms with van der Waals surface area (Å²) in [4.78, 5) is 0. The van der Waals surface area contributed by atoms with Gasteiger partial charge in [0.05, 0.1) is 16.7 Å². The second-order valence-corrected chi connectivity index (χ2v) is 5.43. The molecule has 0 radical (unpaired) electrons. The third-order valence-corrected chi connectivity index (χ3v) is 3.72. The van der Waals surface area contributed by atoms with Crippen molar-refractivity contribution < 1.29 is 4.39 Å². The van der Waals surface area contributed by atoms with Crippen molar-refractivity contribution in [1.29, 1.82) is 0 Å². The monoisotopic (exact) mass is 325 g/mol. The molecule has 0 spiro atoms. The zero-order valence-corrected chi connectivity index (χ0v) is 12.8. The van der Waals surface area contributed by atoms with Crippen molar-refractivity contribution in [2.75, 3.05) is 5.32 Å². The second kappa shape index (κ2) is 5.74. The number of nitrogens with one attached hydrogen (secondary N) is 1. The lowest BCUT2D eigenvalue weighted by molar-refractivity contribution is 0.620. The molecule has 3 nitrogen and oxygen atoms in total. The molecule has 0 aliphatic rings. The third-order valence-electron chi connectivity index (χ3n) is 3.12. The van der Waals surface area contributed by atoms with Gasteiger partial charge in [-0.2, -0.15) is 5.10 Å². The molecule has 2 aromatic rings. The number of halogens is 2. The van der Waals surface area contributed by atoms with E-state index in [0.717, 1.165) is 23.4 Å². The standard InChI is InChI=1S/C14H17BrFN3/c1-4-19-8-11(7-17-19)10(3)18-14-6-13(16)12(15)5-9(14)2/h5-8,10,18H,4H2,1-3H3. The van der Waals surface area contributed by atoms with E-state index in [0.29, 0.717) is 4.47 Å². The van der Waals surface area contributed by atoms with Gasteiger partial charge in [-0.15, -0.1) is 0 Å². The van der Waals surface area contributed by atoms with Gasteiger partial charge in [-0.25, -0.2) is 4.39 Å². The lowest BCUT2D eigenvalue weighted by Crippen LogP contribution is -2.07. The van der Waals surface area contributed by atoms with Crippen LogP contribution >= 0.6 is 15.9 Å². The van der Waals surface area contributed by atoms with E-state index in [9.17, 15) is 4.39 Å². The van der Waals surface area contributed by atoms with Crippen LogP contribution in [0.25, 0.3) is 0 Å². The van der Waals surface area contributed by atoms with Gasteiger partial charge in [0.2, 0.25) is 0 Å². The van der Waals surface area contributed by atoms with E-state index in [1.165, 1.54) is 6.07 Å². The summed E-state index contributed by atoms with van der Waals surface area (Å²) < 4.78 is 15.9. The highest BCUT2D eigenvalue weighted by Gasteiger charge is 2.11. The molecular formula is C14H17BrFN3. The Morgan fingerprint density at radius 2 is 2.21 bits per heavy atom. The van der Waals surface area contributed by atoms with Crippen molar-refractivity contribution in [2.24, 2.45) is 0 Å². The Morgan fingerprint density at radius 3 is 2.84 bits per heavy atom. The van der Waals surface area contributed by atoms with E-state index in [1.54, 1.807) is 6.07 Å². The van der Waals surface area contributed by atoms with Crippen LogP contribution in [0.3, 0.4) is 0 Å². The van der Waals surface area contributed by atoms with Gasteiger partial charge in [-0.3, -0.25) is 4.68 Å². The minimum absolute atomic E-state index is 0.0829. The molecule has 1 heterocycles. The zero-order chi connectivity index (χ0) is 14.0. The fraction of sp³-hybridized carbons (Fsp3) is 0.357. The van der Waals surface area contributed by atoms with E-state index in [-0.39, 0.29) is 11.9 Å². The van der Waals surface area contributed by atoms with Crippen molar-refractivity contribution in [3.8, 4) is 0 Å². The summed E-state index contributed by atoms with van der Waals surface area (Å²) in [6, 6.07) is 3.37. The summed E-state index contributed by atoms with van der Waals surface area (Å²) in [5, 5.41) is 7.56. The topological polar surface area (TPSA) is 29.9 Å². The summed E-state index contributed by atoms with van der Waals surface area (Å²) >= 11 is 3.19. The molecule has 0 aliphatic carbocycles. The molecule has 0 amide bonds. The predicted molar refractivity (Wildman–Crippen MR) is 78.8 cm³/mol. The molecule has 0 saturated heterocycles. The number of aromatic nitrogens is 2. The van der Waals surface area contributed by atoms with Gasteiger partial charge < -0.3 is 5.32 Å². The number of nitrogens with zero attached hydrogens (tertiary/aromatic N) is 2. The summed E-state index contributed by atoms with van der Waals surface area (Å²) in [5.41, 5.74) is 2.89. The van der Waals surface area contributed by atoms with Crippen LogP contribution in [0.15, 0.2) is 29.0 Å². The Kier molecular flexibility index (Phi) is 4.24. The number of benzene rings is 1. The van der Waals surface area contributed by atoms with E-state index in [2.05, 4.69) is 26.3 Å². The summed E-state index contributed by atoms with van der Waals surface area (Å²) in [6.07, 6.45) is 3.84. The first kappa shape index (κ1) is 14.1. The first-order valence-corrected chi connectivity index (χ1v) is 7.05. The van der Waals surface area contributed by atoms with E-state index >= 15 is 0 Å².